The summed E-state index contributed by atoms with van der Waals surface area (Å²) in [6, 6.07) is 12.4. The molecule has 100 valence electrons. The van der Waals surface area contributed by atoms with Gasteiger partial charge in [-0.25, -0.2) is 4.79 Å². The number of carboxylic acid groups (broad SMARTS) is 1. The molecule has 0 aliphatic carbocycles. The highest BCUT2D eigenvalue weighted by molar-refractivity contribution is 6.03. The summed E-state index contributed by atoms with van der Waals surface area (Å²) in [6.45, 7) is 0. The van der Waals surface area contributed by atoms with Crippen molar-refractivity contribution < 1.29 is 19.7 Å². The average molecular weight is 268 g/mol. The van der Waals surface area contributed by atoms with Crippen molar-refractivity contribution in [1.82, 2.24) is 0 Å². The maximum absolute atomic E-state index is 11.0. The molecule has 0 aliphatic rings. The molecule has 0 saturated heterocycles. The number of aromatic carboxylic acids is 1. The number of methoxy groups -OCH3 is 1. The van der Waals surface area contributed by atoms with Crippen LogP contribution in [0.4, 0.5) is 0 Å². The van der Waals surface area contributed by atoms with Crippen molar-refractivity contribution in [3.8, 4) is 11.5 Å². The maximum Gasteiger partial charge on any atom is 0.339 e. The zero-order valence-electron chi connectivity index (χ0n) is 10.8. The number of phenols is 1. The van der Waals surface area contributed by atoms with Crippen molar-refractivity contribution in [2.45, 2.75) is 0 Å². The summed E-state index contributed by atoms with van der Waals surface area (Å²) in [5, 5.41) is 22.3. The Hall–Kier alpha value is -2.75. The van der Waals surface area contributed by atoms with E-state index in [2.05, 4.69) is 0 Å². The zero-order chi connectivity index (χ0) is 14.3. The van der Waals surface area contributed by atoms with Crippen LogP contribution in [0.3, 0.4) is 0 Å². The Morgan fingerprint density at radius 2 is 1.60 bits per heavy atom. The second-order valence-corrected chi connectivity index (χ2v) is 4.59. The van der Waals surface area contributed by atoms with E-state index in [4.69, 9.17) is 9.84 Å². The maximum atomic E-state index is 11.0. The van der Waals surface area contributed by atoms with Gasteiger partial charge in [0.15, 0.2) is 0 Å². The predicted molar refractivity (Wildman–Crippen MR) is 76.6 cm³/mol. The molecule has 3 aromatic carbocycles. The molecule has 3 rings (SSSR count). The van der Waals surface area contributed by atoms with Crippen molar-refractivity contribution in [3.05, 3.63) is 48.0 Å². The molecule has 4 nitrogen and oxygen atoms in total. The predicted octanol–water partition coefficient (Wildman–Crippen LogP) is 3.41. The Morgan fingerprint density at radius 1 is 0.950 bits per heavy atom. The van der Waals surface area contributed by atoms with Crippen molar-refractivity contribution in [2.24, 2.45) is 0 Å². The summed E-state index contributed by atoms with van der Waals surface area (Å²) in [4.78, 5) is 11.0. The summed E-state index contributed by atoms with van der Waals surface area (Å²) in [7, 11) is 1.60. The van der Waals surface area contributed by atoms with Gasteiger partial charge in [0.05, 0.1) is 7.11 Å². The molecule has 0 amide bonds. The smallest absolute Gasteiger partial charge is 0.339 e. The third kappa shape index (κ3) is 1.91. The first kappa shape index (κ1) is 12.3. The molecule has 0 atom stereocenters. The fraction of sp³-hybridized carbons (Fsp3) is 0.0625. The van der Waals surface area contributed by atoms with Crippen LogP contribution in [0.2, 0.25) is 0 Å². The Morgan fingerprint density at radius 3 is 2.30 bits per heavy atom. The first-order chi connectivity index (χ1) is 9.58. The lowest BCUT2D eigenvalue weighted by Crippen LogP contribution is -1.96. The van der Waals surface area contributed by atoms with Gasteiger partial charge in [0, 0.05) is 0 Å². The van der Waals surface area contributed by atoms with E-state index in [1.807, 2.05) is 30.3 Å². The lowest BCUT2D eigenvalue weighted by Gasteiger charge is -2.07. The molecule has 0 fully saturated rings. The molecule has 0 radical (unpaired) electrons. The van der Waals surface area contributed by atoms with Crippen LogP contribution >= 0.6 is 0 Å². The lowest BCUT2D eigenvalue weighted by molar-refractivity contribution is 0.0694. The van der Waals surface area contributed by atoms with E-state index in [1.165, 1.54) is 12.1 Å². The van der Waals surface area contributed by atoms with Gasteiger partial charge in [-0.2, -0.15) is 0 Å². The van der Waals surface area contributed by atoms with Gasteiger partial charge in [-0.15, -0.1) is 0 Å². The van der Waals surface area contributed by atoms with Crippen molar-refractivity contribution in [3.63, 3.8) is 0 Å². The van der Waals surface area contributed by atoms with Gasteiger partial charge in [-0.3, -0.25) is 0 Å². The number of hydrogen-bond donors (Lipinski definition) is 2. The normalized spacial score (nSPS) is 10.8. The number of benzene rings is 3. The van der Waals surface area contributed by atoms with Crippen LogP contribution in [0, 0.1) is 0 Å². The molecule has 20 heavy (non-hydrogen) atoms. The van der Waals surface area contributed by atoms with E-state index in [9.17, 15) is 9.90 Å². The molecule has 0 spiro atoms. The van der Waals surface area contributed by atoms with E-state index in [-0.39, 0.29) is 11.3 Å². The van der Waals surface area contributed by atoms with Crippen LogP contribution in [-0.4, -0.2) is 23.3 Å². The molecule has 0 bridgehead atoms. The second-order valence-electron chi connectivity index (χ2n) is 4.59. The second kappa shape index (κ2) is 4.42. The van der Waals surface area contributed by atoms with Crippen LogP contribution in [0.5, 0.6) is 11.5 Å². The molecule has 3 aromatic rings. The number of fused-ring (bicyclic) bond motifs is 2. The number of ether oxygens (including phenoxy) is 1. The largest absolute Gasteiger partial charge is 0.507 e. The molecule has 2 N–H and O–H groups in total. The minimum absolute atomic E-state index is 0.0975. The third-order valence-electron chi connectivity index (χ3n) is 3.35. The summed E-state index contributed by atoms with van der Waals surface area (Å²) in [5.74, 6) is -0.623. The number of carbonyl (C=O) groups is 1. The number of aromatic hydroxyl groups is 1. The molecular weight excluding hydrogens is 256 g/mol. The highest BCUT2D eigenvalue weighted by atomic mass is 16.5. The molecule has 0 heterocycles. The summed E-state index contributed by atoms with van der Waals surface area (Å²) in [6.07, 6.45) is 0. The van der Waals surface area contributed by atoms with E-state index in [1.54, 1.807) is 7.11 Å². The highest BCUT2D eigenvalue weighted by Gasteiger charge is 2.11. The molecule has 0 saturated carbocycles. The topological polar surface area (TPSA) is 66.8 Å². The van der Waals surface area contributed by atoms with Crippen molar-refractivity contribution in [1.29, 1.82) is 0 Å². The van der Waals surface area contributed by atoms with Crippen molar-refractivity contribution >= 4 is 27.5 Å². The number of rotatable bonds is 2. The third-order valence-corrected chi connectivity index (χ3v) is 3.35. The van der Waals surface area contributed by atoms with Gasteiger partial charge >= 0.3 is 5.97 Å². The van der Waals surface area contributed by atoms with Gasteiger partial charge in [-0.05, 0) is 57.9 Å². The van der Waals surface area contributed by atoms with Crippen LogP contribution < -0.4 is 4.74 Å². The summed E-state index contributed by atoms with van der Waals surface area (Å²) >= 11 is 0. The molecular formula is C16H12O4. The first-order valence-electron chi connectivity index (χ1n) is 6.06. The fourth-order valence-corrected chi connectivity index (χ4v) is 2.31. The van der Waals surface area contributed by atoms with E-state index >= 15 is 0 Å². The standard InChI is InChI=1S/C16H12O4/c1-20-13-3-2-9-4-12-8-15(17)14(16(18)19)7-11(12)5-10(9)6-13/h2-8,17H,1H3,(H,18,19). The highest BCUT2D eigenvalue weighted by Crippen LogP contribution is 2.30. The summed E-state index contributed by atoms with van der Waals surface area (Å²) < 4.78 is 5.18. The quantitative estimate of drug-likeness (QED) is 0.699. The Balaban J connectivity index is 2.33. The minimum Gasteiger partial charge on any atom is -0.507 e. The zero-order valence-corrected chi connectivity index (χ0v) is 10.8. The monoisotopic (exact) mass is 268 g/mol. The van der Waals surface area contributed by atoms with Crippen LogP contribution in [0.25, 0.3) is 21.5 Å². The van der Waals surface area contributed by atoms with Gasteiger partial charge < -0.3 is 14.9 Å². The SMILES string of the molecule is COc1ccc2cc3cc(O)c(C(=O)O)cc3cc2c1. The molecule has 4 heteroatoms. The van der Waals surface area contributed by atoms with E-state index in [0.29, 0.717) is 0 Å². The van der Waals surface area contributed by atoms with E-state index in [0.717, 1.165) is 27.3 Å². The van der Waals surface area contributed by atoms with Crippen LogP contribution in [0.1, 0.15) is 10.4 Å². The Bertz CT molecular complexity index is 837. The summed E-state index contributed by atoms with van der Waals surface area (Å²) in [5.41, 5.74) is -0.0975. The van der Waals surface area contributed by atoms with E-state index < -0.39 is 5.97 Å². The Labute approximate surface area is 114 Å². The van der Waals surface area contributed by atoms with Gasteiger partial charge in [0.2, 0.25) is 0 Å². The van der Waals surface area contributed by atoms with Crippen molar-refractivity contribution in [2.75, 3.05) is 7.11 Å². The Kier molecular flexibility index (Phi) is 2.71. The molecule has 0 unspecified atom stereocenters. The van der Waals surface area contributed by atoms with Gasteiger partial charge in [-0.1, -0.05) is 6.07 Å². The first-order valence-corrected chi connectivity index (χ1v) is 6.06. The van der Waals surface area contributed by atoms with Crippen LogP contribution in [-0.2, 0) is 0 Å². The van der Waals surface area contributed by atoms with Crippen LogP contribution in [0.15, 0.2) is 42.5 Å². The number of hydrogen-bond acceptors (Lipinski definition) is 3. The molecule has 0 aliphatic heterocycles. The average Bonchev–Trinajstić information content (AvgIpc) is 2.43. The molecule has 0 aromatic heterocycles. The van der Waals surface area contributed by atoms with Gasteiger partial charge in [0.25, 0.3) is 0 Å². The van der Waals surface area contributed by atoms with Gasteiger partial charge in [0.1, 0.15) is 17.1 Å². The minimum atomic E-state index is -1.14. The number of carboxylic acids is 1. The fourth-order valence-electron chi connectivity index (χ4n) is 2.31. The lowest BCUT2D eigenvalue weighted by atomic mass is 10.0.